The Hall–Kier alpha value is -1.61. The van der Waals surface area contributed by atoms with Crippen LogP contribution in [-0.2, 0) is 0 Å². The quantitative estimate of drug-likeness (QED) is 0.781. The third-order valence-electron chi connectivity index (χ3n) is 3.70. The number of benzene rings is 1. The molecule has 0 saturated carbocycles. The number of rotatable bonds is 8. The first-order valence-electron chi connectivity index (χ1n) is 8.05. The molecule has 1 aromatic carbocycles. The minimum absolute atomic E-state index is 0.370. The lowest BCUT2D eigenvalue weighted by Crippen LogP contribution is -2.25. The lowest BCUT2D eigenvalue weighted by molar-refractivity contribution is 0.427. The van der Waals surface area contributed by atoms with E-state index in [0.717, 1.165) is 31.0 Å². The van der Waals surface area contributed by atoms with Crippen LogP contribution in [0.2, 0.25) is 0 Å². The molecule has 21 heavy (non-hydrogen) atoms. The van der Waals surface area contributed by atoms with Gasteiger partial charge in [-0.1, -0.05) is 39.0 Å². The van der Waals surface area contributed by atoms with Crippen LogP contribution in [0.1, 0.15) is 51.8 Å². The van der Waals surface area contributed by atoms with E-state index in [1.54, 1.807) is 0 Å². The zero-order valence-electron chi connectivity index (χ0n) is 13.4. The van der Waals surface area contributed by atoms with Crippen molar-refractivity contribution in [3.63, 3.8) is 0 Å². The lowest BCUT2D eigenvalue weighted by Gasteiger charge is -2.21. The molecule has 0 bridgehead atoms. The Morgan fingerprint density at radius 2 is 1.86 bits per heavy atom. The van der Waals surface area contributed by atoms with Gasteiger partial charge in [0, 0.05) is 12.2 Å². The van der Waals surface area contributed by atoms with Gasteiger partial charge in [0.1, 0.15) is 0 Å². The summed E-state index contributed by atoms with van der Waals surface area (Å²) in [6.45, 7) is 7.82. The fraction of sp³-hybridized carbons (Fsp3) is 0.500. The van der Waals surface area contributed by atoms with Crippen molar-refractivity contribution in [3.05, 3.63) is 48.3 Å². The van der Waals surface area contributed by atoms with Gasteiger partial charge in [-0.2, -0.15) is 5.10 Å². The third-order valence-corrected chi connectivity index (χ3v) is 3.70. The Bertz CT molecular complexity index is 516. The van der Waals surface area contributed by atoms with Gasteiger partial charge in [-0.15, -0.1) is 0 Å². The topological polar surface area (TPSA) is 29.9 Å². The molecule has 0 radical (unpaired) electrons. The van der Waals surface area contributed by atoms with Crippen LogP contribution in [0.5, 0.6) is 0 Å². The van der Waals surface area contributed by atoms with E-state index in [0.29, 0.717) is 6.04 Å². The van der Waals surface area contributed by atoms with Gasteiger partial charge in [0.25, 0.3) is 0 Å². The van der Waals surface area contributed by atoms with Gasteiger partial charge in [0.15, 0.2) is 0 Å². The van der Waals surface area contributed by atoms with Gasteiger partial charge in [-0.3, -0.25) is 0 Å². The molecule has 0 amide bonds. The predicted molar refractivity (Wildman–Crippen MR) is 88.7 cm³/mol. The molecule has 0 fully saturated rings. The SMILES string of the molecule is CCCNC(CCC(C)C)c1ccnn1-c1ccccc1. The van der Waals surface area contributed by atoms with Crippen LogP contribution in [0.15, 0.2) is 42.6 Å². The number of nitrogens with one attached hydrogen (secondary N) is 1. The summed E-state index contributed by atoms with van der Waals surface area (Å²) in [7, 11) is 0. The summed E-state index contributed by atoms with van der Waals surface area (Å²) in [5.41, 5.74) is 2.39. The molecule has 1 heterocycles. The van der Waals surface area contributed by atoms with E-state index in [2.05, 4.69) is 66.2 Å². The van der Waals surface area contributed by atoms with Crippen LogP contribution in [0.4, 0.5) is 0 Å². The van der Waals surface area contributed by atoms with Gasteiger partial charge >= 0.3 is 0 Å². The van der Waals surface area contributed by atoms with Crippen LogP contribution >= 0.6 is 0 Å². The second kappa shape index (κ2) is 7.99. The van der Waals surface area contributed by atoms with Crippen molar-refractivity contribution in [2.75, 3.05) is 6.54 Å². The highest BCUT2D eigenvalue weighted by Crippen LogP contribution is 2.23. The fourth-order valence-electron chi connectivity index (χ4n) is 2.54. The number of hydrogen-bond acceptors (Lipinski definition) is 2. The molecule has 114 valence electrons. The summed E-state index contributed by atoms with van der Waals surface area (Å²) >= 11 is 0. The average molecular weight is 285 g/mol. The molecule has 0 saturated heterocycles. The molecule has 1 unspecified atom stereocenters. The molecule has 0 spiro atoms. The Morgan fingerprint density at radius 1 is 1.10 bits per heavy atom. The smallest absolute Gasteiger partial charge is 0.0649 e. The maximum absolute atomic E-state index is 4.52. The minimum Gasteiger partial charge on any atom is -0.309 e. The van der Waals surface area contributed by atoms with Gasteiger partial charge < -0.3 is 5.32 Å². The Balaban J connectivity index is 2.21. The summed E-state index contributed by atoms with van der Waals surface area (Å²) in [5, 5.41) is 8.20. The highest BCUT2D eigenvalue weighted by atomic mass is 15.3. The fourth-order valence-corrected chi connectivity index (χ4v) is 2.54. The molecule has 2 rings (SSSR count). The van der Waals surface area contributed by atoms with Crippen molar-refractivity contribution in [2.45, 2.75) is 46.1 Å². The van der Waals surface area contributed by atoms with E-state index >= 15 is 0 Å². The van der Waals surface area contributed by atoms with E-state index in [9.17, 15) is 0 Å². The molecule has 0 aliphatic heterocycles. The Morgan fingerprint density at radius 3 is 2.52 bits per heavy atom. The second-order valence-electron chi connectivity index (χ2n) is 5.98. The van der Waals surface area contributed by atoms with Gasteiger partial charge in [-0.25, -0.2) is 4.68 Å². The first-order chi connectivity index (χ1) is 10.2. The molecule has 1 atom stereocenters. The van der Waals surface area contributed by atoms with Crippen LogP contribution in [0.25, 0.3) is 5.69 Å². The first kappa shape index (κ1) is 15.8. The monoisotopic (exact) mass is 285 g/mol. The maximum Gasteiger partial charge on any atom is 0.0649 e. The van der Waals surface area contributed by atoms with Crippen LogP contribution in [0.3, 0.4) is 0 Å². The van der Waals surface area contributed by atoms with Crippen molar-refractivity contribution < 1.29 is 0 Å². The standard InChI is InChI=1S/C18H27N3/c1-4-13-19-17(11-10-15(2)3)18-12-14-20-21(18)16-8-6-5-7-9-16/h5-9,12,14-15,17,19H,4,10-11,13H2,1-3H3. The molecule has 2 aromatic rings. The van der Waals surface area contributed by atoms with E-state index in [1.807, 2.05) is 12.3 Å². The molecule has 1 N–H and O–H groups in total. The van der Waals surface area contributed by atoms with Gasteiger partial charge in [-0.05, 0) is 49.9 Å². The van der Waals surface area contributed by atoms with E-state index in [4.69, 9.17) is 0 Å². The molecule has 1 aromatic heterocycles. The highest BCUT2D eigenvalue weighted by Gasteiger charge is 2.16. The molecular formula is C18H27N3. The Kier molecular flexibility index (Phi) is 6.00. The van der Waals surface area contributed by atoms with Gasteiger partial charge in [0.05, 0.1) is 11.4 Å². The normalized spacial score (nSPS) is 12.8. The second-order valence-corrected chi connectivity index (χ2v) is 5.98. The first-order valence-corrected chi connectivity index (χ1v) is 8.05. The van der Waals surface area contributed by atoms with Crippen molar-refractivity contribution in [1.82, 2.24) is 15.1 Å². The van der Waals surface area contributed by atoms with Gasteiger partial charge in [0.2, 0.25) is 0 Å². The summed E-state index contributed by atoms with van der Waals surface area (Å²) in [6.07, 6.45) is 5.42. The molecular weight excluding hydrogens is 258 g/mol. The van der Waals surface area contributed by atoms with Crippen molar-refractivity contribution in [1.29, 1.82) is 0 Å². The average Bonchev–Trinajstić information content (AvgIpc) is 2.97. The number of aromatic nitrogens is 2. The molecule has 3 heteroatoms. The molecule has 3 nitrogen and oxygen atoms in total. The van der Waals surface area contributed by atoms with E-state index in [-0.39, 0.29) is 0 Å². The largest absolute Gasteiger partial charge is 0.309 e. The number of hydrogen-bond donors (Lipinski definition) is 1. The minimum atomic E-state index is 0.370. The number of nitrogens with zero attached hydrogens (tertiary/aromatic N) is 2. The van der Waals surface area contributed by atoms with Crippen LogP contribution in [0, 0.1) is 5.92 Å². The van der Waals surface area contributed by atoms with Crippen LogP contribution in [-0.4, -0.2) is 16.3 Å². The zero-order valence-corrected chi connectivity index (χ0v) is 13.4. The number of para-hydroxylation sites is 1. The van der Waals surface area contributed by atoms with E-state index in [1.165, 1.54) is 12.1 Å². The lowest BCUT2D eigenvalue weighted by atomic mass is 10.0. The summed E-state index contributed by atoms with van der Waals surface area (Å²) in [6, 6.07) is 12.9. The molecule has 0 aliphatic carbocycles. The summed E-state index contributed by atoms with van der Waals surface area (Å²) < 4.78 is 2.06. The highest BCUT2D eigenvalue weighted by molar-refractivity contribution is 5.33. The Labute approximate surface area is 128 Å². The van der Waals surface area contributed by atoms with E-state index < -0.39 is 0 Å². The van der Waals surface area contributed by atoms with Crippen molar-refractivity contribution in [2.24, 2.45) is 5.92 Å². The summed E-state index contributed by atoms with van der Waals surface area (Å²) in [4.78, 5) is 0. The molecule has 0 aliphatic rings. The third kappa shape index (κ3) is 4.43. The van der Waals surface area contributed by atoms with Crippen molar-refractivity contribution in [3.8, 4) is 5.69 Å². The maximum atomic E-state index is 4.52. The van der Waals surface area contributed by atoms with Crippen molar-refractivity contribution >= 4 is 0 Å². The summed E-state index contributed by atoms with van der Waals surface area (Å²) in [5.74, 6) is 0.726. The zero-order chi connectivity index (χ0) is 15.1. The van der Waals surface area contributed by atoms with Crippen LogP contribution < -0.4 is 5.32 Å². The predicted octanol–water partition coefficient (Wildman–Crippen LogP) is 4.35.